The normalized spacial score (nSPS) is 30.0. The molecule has 1 amide bonds. The van der Waals surface area contributed by atoms with Crippen LogP contribution < -0.4 is 0 Å². The zero-order valence-corrected chi connectivity index (χ0v) is 14.3. The van der Waals surface area contributed by atoms with Crippen LogP contribution in [-0.2, 0) is 14.3 Å². The molecule has 0 N–H and O–H groups in total. The lowest BCUT2D eigenvalue weighted by atomic mass is 10.0. The van der Waals surface area contributed by atoms with E-state index in [1.165, 1.54) is 0 Å². The van der Waals surface area contributed by atoms with E-state index in [9.17, 15) is 9.59 Å². The molecule has 0 spiro atoms. The highest BCUT2D eigenvalue weighted by molar-refractivity contribution is 5.78. The molecule has 2 aliphatic heterocycles. The van der Waals surface area contributed by atoms with Crippen LogP contribution in [0.15, 0.2) is 0 Å². The van der Waals surface area contributed by atoms with Crippen LogP contribution in [-0.4, -0.2) is 65.8 Å². The molecule has 2 aliphatic rings. The van der Waals surface area contributed by atoms with Gasteiger partial charge in [-0.2, -0.15) is 0 Å². The number of cyclic esters (lactones) is 1. The third-order valence-electron chi connectivity index (χ3n) is 4.24. The summed E-state index contributed by atoms with van der Waals surface area (Å²) in [5.41, 5.74) is -0.496. The number of esters is 1. The summed E-state index contributed by atoms with van der Waals surface area (Å²) < 4.78 is 10.7. The zero-order chi connectivity index (χ0) is 16.5. The van der Waals surface area contributed by atoms with Gasteiger partial charge in [0.2, 0.25) is 0 Å². The van der Waals surface area contributed by atoms with E-state index in [0.717, 1.165) is 25.8 Å². The van der Waals surface area contributed by atoms with Gasteiger partial charge in [0, 0.05) is 26.1 Å². The fraction of sp³-hybridized carbons (Fsp3) is 0.875. The number of carbonyl (C=O) groups is 2. The number of ether oxygens (including phenoxy) is 2. The molecule has 0 saturated carbocycles. The van der Waals surface area contributed by atoms with Crippen molar-refractivity contribution >= 4 is 12.1 Å². The van der Waals surface area contributed by atoms with E-state index < -0.39 is 5.60 Å². The number of amides is 1. The molecular weight excluding hydrogens is 284 g/mol. The highest BCUT2D eigenvalue weighted by Crippen LogP contribution is 2.25. The third-order valence-corrected chi connectivity index (χ3v) is 4.24. The van der Waals surface area contributed by atoms with E-state index >= 15 is 0 Å². The smallest absolute Gasteiger partial charge is 0.410 e. The van der Waals surface area contributed by atoms with Crippen molar-refractivity contribution in [2.75, 3.05) is 20.1 Å². The molecule has 0 aromatic rings. The lowest BCUT2D eigenvalue weighted by Gasteiger charge is -2.39. The van der Waals surface area contributed by atoms with Crippen LogP contribution in [0.2, 0.25) is 0 Å². The van der Waals surface area contributed by atoms with Crippen LogP contribution in [0.4, 0.5) is 4.79 Å². The first-order chi connectivity index (χ1) is 10.2. The van der Waals surface area contributed by atoms with Crippen LogP contribution in [0.5, 0.6) is 0 Å². The van der Waals surface area contributed by atoms with Gasteiger partial charge in [0.1, 0.15) is 17.7 Å². The molecule has 22 heavy (non-hydrogen) atoms. The lowest BCUT2D eigenvalue weighted by molar-refractivity contribution is -0.145. The molecule has 0 unspecified atom stereocenters. The van der Waals surface area contributed by atoms with Crippen molar-refractivity contribution in [3.8, 4) is 0 Å². The molecule has 126 valence electrons. The molecule has 6 nitrogen and oxygen atoms in total. The quantitative estimate of drug-likeness (QED) is 0.730. The monoisotopic (exact) mass is 312 g/mol. The minimum Gasteiger partial charge on any atom is -0.461 e. The summed E-state index contributed by atoms with van der Waals surface area (Å²) in [5.74, 6) is -0.131. The first kappa shape index (κ1) is 17.1. The standard InChI is InChI=1S/C16H28N2O4/c1-11-9-13(14(19)21-11)18-8-6-7-12(10-18)17(5)15(20)22-16(2,3)4/h11-13H,6-10H2,1-5H3/t11-,12+,13-/m1/s1. The highest BCUT2D eigenvalue weighted by Gasteiger charge is 2.39. The molecule has 2 fully saturated rings. The predicted octanol–water partition coefficient (Wildman–Crippen LogP) is 2.02. The molecule has 2 heterocycles. The summed E-state index contributed by atoms with van der Waals surface area (Å²) in [4.78, 5) is 27.9. The molecule has 0 aliphatic carbocycles. The molecule has 2 rings (SSSR count). The van der Waals surface area contributed by atoms with Gasteiger partial charge in [-0.1, -0.05) is 0 Å². The van der Waals surface area contributed by atoms with Crippen molar-refractivity contribution in [3.63, 3.8) is 0 Å². The summed E-state index contributed by atoms with van der Waals surface area (Å²) >= 11 is 0. The number of likely N-dealkylation sites (N-methyl/N-ethyl adjacent to an activating group) is 1. The Balaban J connectivity index is 1.95. The molecule has 6 heteroatoms. The van der Waals surface area contributed by atoms with Gasteiger partial charge in [-0.05, 0) is 47.1 Å². The van der Waals surface area contributed by atoms with E-state index in [0.29, 0.717) is 6.54 Å². The summed E-state index contributed by atoms with van der Waals surface area (Å²) in [5, 5.41) is 0. The van der Waals surface area contributed by atoms with Crippen LogP contribution in [0.1, 0.15) is 47.0 Å². The third kappa shape index (κ3) is 4.12. The van der Waals surface area contributed by atoms with Crippen molar-refractivity contribution in [1.82, 2.24) is 9.80 Å². The number of piperidine rings is 1. The van der Waals surface area contributed by atoms with Crippen LogP contribution in [0.3, 0.4) is 0 Å². The number of rotatable bonds is 2. The Kier molecular flexibility index (Phi) is 5.00. The second-order valence-corrected chi connectivity index (χ2v) is 7.38. The fourth-order valence-electron chi connectivity index (χ4n) is 3.10. The Bertz CT molecular complexity index is 432. The SMILES string of the molecule is C[C@@H]1C[C@@H](N2CCC[C@H](N(C)C(=O)OC(C)(C)C)C2)C(=O)O1. The Morgan fingerprint density at radius 3 is 2.64 bits per heavy atom. The molecular formula is C16H28N2O4. The van der Waals surface area contributed by atoms with E-state index in [1.807, 2.05) is 27.7 Å². The first-order valence-electron chi connectivity index (χ1n) is 8.08. The molecule has 0 radical (unpaired) electrons. The molecule has 0 bridgehead atoms. The second kappa shape index (κ2) is 6.44. The molecule has 3 atom stereocenters. The lowest BCUT2D eigenvalue weighted by Crippen LogP contribution is -2.53. The number of likely N-dealkylation sites (tertiary alicyclic amines) is 1. The van der Waals surface area contributed by atoms with Crippen molar-refractivity contribution in [2.24, 2.45) is 0 Å². The zero-order valence-electron chi connectivity index (χ0n) is 14.3. The van der Waals surface area contributed by atoms with Gasteiger partial charge >= 0.3 is 12.1 Å². The average molecular weight is 312 g/mol. The molecule has 0 aromatic heterocycles. The van der Waals surface area contributed by atoms with Crippen LogP contribution in [0.25, 0.3) is 0 Å². The van der Waals surface area contributed by atoms with Gasteiger partial charge in [0.05, 0.1) is 0 Å². The summed E-state index contributed by atoms with van der Waals surface area (Å²) in [6, 6.07) is -0.0860. The molecule has 2 saturated heterocycles. The molecule has 0 aromatic carbocycles. The summed E-state index contributed by atoms with van der Waals surface area (Å²) in [6.07, 6.45) is 2.32. The van der Waals surface area contributed by atoms with Gasteiger partial charge in [-0.3, -0.25) is 9.69 Å². The van der Waals surface area contributed by atoms with Crippen molar-refractivity contribution < 1.29 is 19.1 Å². The largest absolute Gasteiger partial charge is 0.461 e. The highest BCUT2D eigenvalue weighted by atomic mass is 16.6. The minimum absolute atomic E-state index is 0.0125. The van der Waals surface area contributed by atoms with Gasteiger partial charge in [-0.25, -0.2) is 4.79 Å². The van der Waals surface area contributed by atoms with E-state index in [2.05, 4.69) is 4.90 Å². The Morgan fingerprint density at radius 2 is 2.09 bits per heavy atom. The summed E-state index contributed by atoms with van der Waals surface area (Å²) in [7, 11) is 1.78. The Labute approximate surface area is 132 Å². The minimum atomic E-state index is -0.496. The van der Waals surface area contributed by atoms with Gasteiger partial charge in [0.25, 0.3) is 0 Å². The predicted molar refractivity (Wildman–Crippen MR) is 82.6 cm³/mol. The average Bonchev–Trinajstić information content (AvgIpc) is 2.75. The number of hydrogen-bond donors (Lipinski definition) is 0. The van der Waals surface area contributed by atoms with E-state index in [1.54, 1.807) is 11.9 Å². The maximum Gasteiger partial charge on any atom is 0.410 e. The first-order valence-corrected chi connectivity index (χ1v) is 8.08. The fourth-order valence-corrected chi connectivity index (χ4v) is 3.10. The van der Waals surface area contributed by atoms with Crippen LogP contribution >= 0.6 is 0 Å². The van der Waals surface area contributed by atoms with Crippen molar-refractivity contribution in [2.45, 2.75) is 70.7 Å². The van der Waals surface area contributed by atoms with Gasteiger partial charge in [0.15, 0.2) is 0 Å². The maximum absolute atomic E-state index is 12.2. The van der Waals surface area contributed by atoms with E-state index in [-0.39, 0.29) is 30.3 Å². The summed E-state index contributed by atoms with van der Waals surface area (Å²) in [6.45, 7) is 9.09. The Morgan fingerprint density at radius 1 is 1.41 bits per heavy atom. The topological polar surface area (TPSA) is 59.1 Å². The number of carbonyl (C=O) groups excluding carboxylic acids is 2. The van der Waals surface area contributed by atoms with E-state index in [4.69, 9.17) is 9.47 Å². The number of nitrogens with zero attached hydrogens (tertiary/aromatic N) is 2. The second-order valence-electron chi connectivity index (χ2n) is 7.38. The number of hydrogen-bond acceptors (Lipinski definition) is 5. The van der Waals surface area contributed by atoms with Crippen molar-refractivity contribution in [1.29, 1.82) is 0 Å². The van der Waals surface area contributed by atoms with Crippen molar-refractivity contribution in [3.05, 3.63) is 0 Å². The van der Waals surface area contributed by atoms with Gasteiger partial charge in [-0.15, -0.1) is 0 Å². The van der Waals surface area contributed by atoms with Gasteiger partial charge < -0.3 is 14.4 Å². The maximum atomic E-state index is 12.2. The Hall–Kier alpha value is -1.30. The van der Waals surface area contributed by atoms with Crippen LogP contribution in [0, 0.1) is 0 Å².